The second-order valence-electron chi connectivity index (χ2n) is 6.89. The Morgan fingerprint density at radius 1 is 1.52 bits per heavy atom. The lowest BCUT2D eigenvalue weighted by atomic mass is 9.93. The van der Waals surface area contributed by atoms with Crippen LogP contribution in [0.1, 0.15) is 32.4 Å². The highest BCUT2D eigenvalue weighted by molar-refractivity contribution is 5.83. The molecule has 1 aliphatic heterocycles. The Bertz CT molecular complexity index is 610. The Morgan fingerprint density at radius 3 is 2.88 bits per heavy atom. The molecule has 0 radical (unpaired) electrons. The summed E-state index contributed by atoms with van der Waals surface area (Å²) < 4.78 is 7.68. The summed E-state index contributed by atoms with van der Waals surface area (Å²) in [4.78, 5) is 18.9. The number of rotatable bonds is 5. The zero-order valence-electron chi connectivity index (χ0n) is 15.9. The fourth-order valence-electron chi connectivity index (χ4n) is 2.76. The van der Waals surface area contributed by atoms with Crippen molar-refractivity contribution < 1.29 is 9.53 Å². The van der Waals surface area contributed by atoms with Gasteiger partial charge >= 0.3 is 0 Å². The van der Waals surface area contributed by atoms with Gasteiger partial charge in [-0.25, -0.2) is 0 Å². The number of nitrogens with zero attached hydrogens (tertiary/aromatic N) is 4. The molecule has 0 aromatic carbocycles. The van der Waals surface area contributed by atoms with E-state index in [9.17, 15) is 4.79 Å². The number of aliphatic imine (C=N–C) groups is 1. The number of morpholine rings is 1. The molecule has 140 valence electrons. The van der Waals surface area contributed by atoms with E-state index >= 15 is 0 Å². The number of aromatic nitrogens is 2. The predicted octanol–water partition coefficient (Wildman–Crippen LogP) is 0.531. The average molecular weight is 350 g/mol. The van der Waals surface area contributed by atoms with Crippen molar-refractivity contribution in [2.75, 3.05) is 39.8 Å². The zero-order valence-corrected chi connectivity index (χ0v) is 15.9. The van der Waals surface area contributed by atoms with Gasteiger partial charge in [-0.3, -0.25) is 14.5 Å². The summed E-state index contributed by atoms with van der Waals surface area (Å²) in [5, 5.41) is 10.3. The van der Waals surface area contributed by atoms with Crippen molar-refractivity contribution in [1.29, 1.82) is 0 Å². The molecule has 25 heavy (non-hydrogen) atoms. The average Bonchev–Trinajstić information content (AvgIpc) is 3.04. The van der Waals surface area contributed by atoms with Crippen LogP contribution >= 0.6 is 0 Å². The molecular formula is C17H30N6O2. The molecule has 1 amide bonds. The topological polar surface area (TPSA) is 83.8 Å². The van der Waals surface area contributed by atoms with Gasteiger partial charge in [-0.1, -0.05) is 0 Å². The number of nitrogens with one attached hydrogen (secondary N) is 2. The number of hydrogen-bond acceptors (Lipinski definition) is 4. The third kappa shape index (κ3) is 4.94. The minimum Gasteiger partial charge on any atom is -0.370 e. The quantitative estimate of drug-likeness (QED) is 0.598. The normalized spacial score (nSPS) is 19.0. The number of ether oxygens (including phenoxy) is 1. The van der Waals surface area contributed by atoms with Crippen LogP contribution < -0.4 is 10.6 Å². The van der Waals surface area contributed by atoms with Crippen molar-refractivity contribution >= 4 is 11.9 Å². The van der Waals surface area contributed by atoms with Crippen LogP contribution in [0.2, 0.25) is 0 Å². The lowest BCUT2D eigenvalue weighted by Gasteiger charge is -2.35. The fourth-order valence-corrected chi connectivity index (χ4v) is 2.76. The molecule has 0 spiro atoms. The summed E-state index contributed by atoms with van der Waals surface area (Å²) in [5.74, 6) is 0.805. The lowest BCUT2D eigenvalue weighted by Crippen LogP contribution is -2.48. The Morgan fingerprint density at radius 2 is 2.28 bits per heavy atom. The van der Waals surface area contributed by atoms with Gasteiger partial charge in [-0.2, -0.15) is 5.10 Å². The minimum atomic E-state index is -0.551. The summed E-state index contributed by atoms with van der Waals surface area (Å²) in [6, 6.07) is 0. The van der Waals surface area contributed by atoms with E-state index in [4.69, 9.17) is 9.73 Å². The highest BCUT2D eigenvalue weighted by atomic mass is 16.5. The first kappa shape index (κ1) is 19.2. The molecule has 2 N–H and O–H groups in total. The number of guanidine groups is 1. The maximum atomic E-state index is 12.0. The molecule has 1 aliphatic rings. The first-order chi connectivity index (χ1) is 11.9. The van der Waals surface area contributed by atoms with Gasteiger partial charge in [0.05, 0.1) is 31.3 Å². The standard InChI is InChI=1S/C17H30N6O2/c1-6-19-16(20-12-17(2,3)15(24)18-4)23-7-8-25-14(11-23)13-9-21-22(5)10-13/h9-10,14H,6-8,11-12H2,1-5H3,(H,18,24)(H,19,20). The molecule has 8 nitrogen and oxygen atoms in total. The van der Waals surface area contributed by atoms with Gasteiger partial charge in [-0.05, 0) is 20.8 Å². The van der Waals surface area contributed by atoms with Crippen molar-refractivity contribution in [2.24, 2.45) is 17.5 Å². The number of carbonyl (C=O) groups excluding carboxylic acids is 1. The van der Waals surface area contributed by atoms with Crippen LogP contribution in [-0.2, 0) is 16.6 Å². The van der Waals surface area contributed by atoms with Crippen molar-refractivity contribution in [3.63, 3.8) is 0 Å². The van der Waals surface area contributed by atoms with E-state index in [0.717, 1.165) is 24.6 Å². The largest absolute Gasteiger partial charge is 0.370 e. The number of hydrogen-bond donors (Lipinski definition) is 2. The molecule has 8 heteroatoms. The van der Waals surface area contributed by atoms with Crippen molar-refractivity contribution in [3.05, 3.63) is 18.0 Å². The molecule has 1 saturated heterocycles. The maximum absolute atomic E-state index is 12.0. The summed E-state index contributed by atoms with van der Waals surface area (Å²) in [6.07, 6.45) is 3.79. The van der Waals surface area contributed by atoms with Gasteiger partial charge in [-0.15, -0.1) is 0 Å². The van der Waals surface area contributed by atoms with Crippen LogP contribution in [0, 0.1) is 5.41 Å². The highest BCUT2D eigenvalue weighted by Crippen LogP contribution is 2.22. The smallest absolute Gasteiger partial charge is 0.227 e. The third-order valence-electron chi connectivity index (χ3n) is 4.26. The molecule has 1 fully saturated rings. The summed E-state index contributed by atoms with van der Waals surface area (Å²) in [5.41, 5.74) is 0.513. The van der Waals surface area contributed by atoms with Crippen molar-refractivity contribution in [3.8, 4) is 0 Å². The number of carbonyl (C=O) groups is 1. The van der Waals surface area contributed by atoms with Crippen LogP contribution in [0.3, 0.4) is 0 Å². The fraction of sp³-hybridized carbons (Fsp3) is 0.706. The van der Waals surface area contributed by atoms with E-state index in [2.05, 4.69) is 20.6 Å². The molecule has 1 aromatic heterocycles. The van der Waals surface area contributed by atoms with E-state index in [1.54, 1.807) is 11.7 Å². The third-order valence-corrected chi connectivity index (χ3v) is 4.26. The van der Waals surface area contributed by atoms with Gasteiger partial charge in [0, 0.05) is 38.9 Å². The molecule has 0 bridgehead atoms. The van der Waals surface area contributed by atoms with Gasteiger partial charge in [0.1, 0.15) is 6.10 Å². The van der Waals surface area contributed by atoms with Crippen LogP contribution in [-0.4, -0.2) is 66.4 Å². The number of aryl methyl sites for hydroxylation is 1. The van der Waals surface area contributed by atoms with Gasteiger partial charge in [0.25, 0.3) is 0 Å². The summed E-state index contributed by atoms with van der Waals surface area (Å²) >= 11 is 0. The van der Waals surface area contributed by atoms with Crippen molar-refractivity contribution in [2.45, 2.75) is 26.9 Å². The second kappa shape index (κ2) is 8.33. The monoisotopic (exact) mass is 350 g/mol. The van der Waals surface area contributed by atoms with E-state index in [-0.39, 0.29) is 12.0 Å². The van der Waals surface area contributed by atoms with E-state index in [1.807, 2.05) is 40.2 Å². The van der Waals surface area contributed by atoms with Crippen molar-refractivity contribution in [1.82, 2.24) is 25.3 Å². The molecule has 1 atom stereocenters. The molecule has 1 aromatic rings. The first-order valence-corrected chi connectivity index (χ1v) is 8.73. The second-order valence-corrected chi connectivity index (χ2v) is 6.89. The minimum absolute atomic E-state index is 0.0117. The van der Waals surface area contributed by atoms with Crippen LogP contribution in [0.15, 0.2) is 17.4 Å². The highest BCUT2D eigenvalue weighted by Gasteiger charge is 2.28. The number of amides is 1. The molecule has 2 rings (SSSR count). The molecular weight excluding hydrogens is 320 g/mol. The Kier molecular flexibility index (Phi) is 6.41. The molecule has 1 unspecified atom stereocenters. The molecule has 2 heterocycles. The van der Waals surface area contributed by atoms with Crippen LogP contribution in [0.5, 0.6) is 0 Å². The Hall–Kier alpha value is -2.09. The maximum Gasteiger partial charge on any atom is 0.227 e. The van der Waals surface area contributed by atoms with Crippen LogP contribution in [0.4, 0.5) is 0 Å². The van der Waals surface area contributed by atoms with Gasteiger partial charge in [0.2, 0.25) is 5.91 Å². The Labute approximate surface area is 149 Å². The Balaban J connectivity index is 2.10. The first-order valence-electron chi connectivity index (χ1n) is 8.73. The molecule has 0 aliphatic carbocycles. The van der Waals surface area contributed by atoms with Gasteiger partial charge < -0.3 is 20.3 Å². The summed E-state index contributed by atoms with van der Waals surface area (Å²) in [6.45, 7) is 9.13. The van der Waals surface area contributed by atoms with Crippen LogP contribution in [0.25, 0.3) is 0 Å². The summed E-state index contributed by atoms with van der Waals surface area (Å²) in [7, 11) is 3.55. The molecule has 0 saturated carbocycles. The van der Waals surface area contributed by atoms with Gasteiger partial charge in [0.15, 0.2) is 5.96 Å². The van der Waals surface area contributed by atoms with E-state index in [1.165, 1.54) is 0 Å². The zero-order chi connectivity index (χ0) is 18.4. The van der Waals surface area contributed by atoms with E-state index < -0.39 is 5.41 Å². The van der Waals surface area contributed by atoms with E-state index in [0.29, 0.717) is 19.7 Å². The SMILES string of the molecule is CCNC(=NCC(C)(C)C(=O)NC)N1CCOC(c2cnn(C)c2)C1. The predicted molar refractivity (Wildman–Crippen MR) is 97.3 cm³/mol. The lowest BCUT2D eigenvalue weighted by molar-refractivity contribution is -0.128.